The van der Waals surface area contributed by atoms with Crippen LogP contribution in [0, 0.1) is 18.8 Å². The molecule has 2 fully saturated rings. The van der Waals surface area contributed by atoms with Crippen molar-refractivity contribution in [2.45, 2.75) is 127 Å². The number of rotatable bonds is 7. The van der Waals surface area contributed by atoms with E-state index in [2.05, 4.69) is 4.98 Å². The molecular formula is C34H53N3O11. The van der Waals surface area contributed by atoms with Crippen LogP contribution < -0.4 is 5.06 Å². The molecule has 4 N–H and O–H groups in total. The number of anilines is 1. The number of methoxy groups -OCH3 is 1. The third-order valence-electron chi connectivity index (χ3n) is 9.55. The Balaban J connectivity index is 1.74. The van der Waals surface area contributed by atoms with E-state index in [1.54, 1.807) is 44.0 Å². The van der Waals surface area contributed by atoms with Crippen molar-refractivity contribution < 1.29 is 53.8 Å². The predicted octanol–water partition coefficient (Wildman–Crippen LogP) is 0.911. The van der Waals surface area contributed by atoms with Crippen LogP contribution in [0.3, 0.4) is 0 Å². The van der Waals surface area contributed by atoms with Crippen LogP contribution in [0.5, 0.6) is 0 Å². The average Bonchev–Trinajstić information content (AvgIpc) is 3.02. The number of carbonyl (C=O) groups is 2. The number of hydrogen-bond donors (Lipinski definition) is 4. The molecule has 1 aromatic rings. The molecule has 0 amide bonds. The summed E-state index contributed by atoms with van der Waals surface area (Å²) < 4.78 is 23.8. The molecule has 14 heteroatoms. The van der Waals surface area contributed by atoms with Crippen LogP contribution in [0.2, 0.25) is 0 Å². The van der Waals surface area contributed by atoms with Crippen LogP contribution in [-0.4, -0.2) is 137 Å². The number of nitrogens with zero attached hydrogens (tertiary/aromatic N) is 3. The lowest BCUT2D eigenvalue weighted by atomic mass is 9.82. The lowest BCUT2D eigenvalue weighted by molar-refractivity contribution is -0.309. The second kappa shape index (κ2) is 16.9. The number of esters is 1. The second-order valence-electron chi connectivity index (χ2n) is 13.6. The van der Waals surface area contributed by atoms with Gasteiger partial charge in [0.1, 0.15) is 36.7 Å². The molecule has 2 saturated heterocycles. The first kappa shape index (κ1) is 38.3. The van der Waals surface area contributed by atoms with Gasteiger partial charge in [-0.2, -0.15) is 0 Å². The first-order valence-electron chi connectivity index (χ1n) is 16.7. The molecule has 4 aliphatic heterocycles. The zero-order chi connectivity index (χ0) is 35.3. The van der Waals surface area contributed by atoms with E-state index in [0.29, 0.717) is 12.2 Å². The third-order valence-corrected chi connectivity index (χ3v) is 9.55. The molecule has 5 heterocycles. The van der Waals surface area contributed by atoms with Gasteiger partial charge in [-0.25, -0.2) is 10.0 Å². The highest BCUT2D eigenvalue weighted by Crippen LogP contribution is 2.35. The zero-order valence-corrected chi connectivity index (χ0v) is 28.9. The van der Waals surface area contributed by atoms with Crippen LogP contribution in [0.25, 0.3) is 0 Å². The van der Waals surface area contributed by atoms with E-state index in [4.69, 9.17) is 23.8 Å². The molecule has 0 spiro atoms. The maximum atomic E-state index is 13.1. The maximum Gasteiger partial charge on any atom is 0.308 e. The Morgan fingerprint density at radius 2 is 1.77 bits per heavy atom. The molecule has 5 rings (SSSR count). The Kier molecular flexibility index (Phi) is 13.5. The summed E-state index contributed by atoms with van der Waals surface area (Å²) in [6.07, 6.45) is -5.75. The highest BCUT2D eigenvalue weighted by Gasteiger charge is 2.48. The highest BCUT2D eigenvalue weighted by atomic mass is 16.7. The Morgan fingerprint density at radius 1 is 1.04 bits per heavy atom. The topological polar surface area (TPSA) is 181 Å². The lowest BCUT2D eigenvalue weighted by Crippen LogP contribution is -2.63. The van der Waals surface area contributed by atoms with Gasteiger partial charge in [0.05, 0.1) is 43.0 Å². The van der Waals surface area contributed by atoms with E-state index in [1.807, 2.05) is 38.1 Å². The number of pyridine rings is 1. The fourth-order valence-corrected chi connectivity index (χ4v) is 7.02. The molecular weight excluding hydrogens is 626 g/mol. The number of aromatic nitrogens is 1. The fraction of sp³-hybridized carbons (Fsp3) is 0.735. The molecule has 0 radical (unpaired) electrons. The summed E-state index contributed by atoms with van der Waals surface area (Å²) in [6, 6.07) is 4.11. The van der Waals surface area contributed by atoms with Crippen molar-refractivity contribution in [2.75, 3.05) is 26.3 Å². The van der Waals surface area contributed by atoms with E-state index < -0.39 is 91.6 Å². The van der Waals surface area contributed by atoms with Crippen LogP contribution in [-0.2, 0) is 33.4 Å². The zero-order valence-electron chi connectivity index (χ0n) is 28.9. The first-order chi connectivity index (χ1) is 22.7. The van der Waals surface area contributed by atoms with Crippen molar-refractivity contribution in [3.8, 4) is 0 Å². The van der Waals surface area contributed by atoms with Crippen molar-refractivity contribution >= 4 is 18.1 Å². The summed E-state index contributed by atoms with van der Waals surface area (Å²) in [5.74, 6) is -1.08. The first-order valence-corrected chi connectivity index (χ1v) is 16.7. The number of ether oxygens (including phenoxy) is 4. The normalized spacial score (nSPS) is 40.2. The van der Waals surface area contributed by atoms with Crippen molar-refractivity contribution in [1.82, 2.24) is 9.88 Å². The molecule has 270 valence electrons. The molecule has 14 atom stereocenters. The van der Waals surface area contributed by atoms with Gasteiger partial charge in [-0.15, -0.1) is 0 Å². The van der Waals surface area contributed by atoms with Crippen LogP contribution in [0.4, 0.5) is 5.82 Å². The van der Waals surface area contributed by atoms with Gasteiger partial charge in [-0.3, -0.25) is 9.63 Å². The minimum absolute atomic E-state index is 0.0118. The van der Waals surface area contributed by atoms with E-state index >= 15 is 0 Å². The largest absolute Gasteiger partial charge is 0.462 e. The summed E-state index contributed by atoms with van der Waals surface area (Å²) in [5, 5.41) is 46.4. The number of aryl methyl sites for hydroxylation is 1. The summed E-state index contributed by atoms with van der Waals surface area (Å²) >= 11 is 0. The van der Waals surface area contributed by atoms with Gasteiger partial charge in [0.2, 0.25) is 0 Å². The van der Waals surface area contributed by atoms with Gasteiger partial charge in [0, 0.05) is 25.6 Å². The highest BCUT2D eigenvalue weighted by molar-refractivity contribution is 5.70. The third kappa shape index (κ3) is 8.97. The molecule has 0 saturated carbocycles. The van der Waals surface area contributed by atoms with Crippen molar-refractivity contribution in [3.05, 3.63) is 36.0 Å². The summed E-state index contributed by atoms with van der Waals surface area (Å²) in [7, 11) is 4.81. The number of hydrogen-bond acceptors (Lipinski definition) is 14. The summed E-state index contributed by atoms with van der Waals surface area (Å²) in [4.78, 5) is 38.1. The number of fused-ring (bicyclic) bond motifs is 12. The van der Waals surface area contributed by atoms with Crippen molar-refractivity contribution in [1.29, 1.82) is 0 Å². The number of likely N-dealkylation sites (N-methyl/N-ethyl adjacent to an activating group) is 1. The van der Waals surface area contributed by atoms with E-state index in [-0.39, 0.29) is 18.8 Å². The van der Waals surface area contributed by atoms with Gasteiger partial charge in [0.15, 0.2) is 12.1 Å². The molecule has 4 aliphatic rings. The van der Waals surface area contributed by atoms with Crippen molar-refractivity contribution in [2.24, 2.45) is 11.8 Å². The van der Waals surface area contributed by atoms with Gasteiger partial charge in [-0.05, 0) is 65.3 Å². The Morgan fingerprint density at radius 3 is 2.42 bits per heavy atom. The molecule has 0 aromatic carbocycles. The van der Waals surface area contributed by atoms with Crippen LogP contribution >= 0.6 is 0 Å². The minimum atomic E-state index is -1.43. The van der Waals surface area contributed by atoms with Crippen molar-refractivity contribution in [3.63, 3.8) is 0 Å². The monoisotopic (exact) mass is 679 g/mol. The molecule has 2 bridgehead atoms. The standard InChI is InChI=1S/C34H53N3O11/c1-18-15-22(13-14-38)32(47-34-31(43)29(36(5)6)30(42)21(4)46-34)33(44-7)25(40)17-28(41)45-20(3)16-24(39)23-11-12-26(18)48-37(23)27-10-8-9-19(2)35-27/h8-12,14,18,20-26,29-34,39-40,42-43H,13,15-17H2,1-7H3/t18-,20-,21-,22+,23+,24-,25-,26-,29+,30-,31-,32+,33+,34+/m1/s1. The quantitative estimate of drug-likeness (QED) is 0.181. The number of hydroxylamine groups is 1. The van der Waals surface area contributed by atoms with Crippen LogP contribution in [0.1, 0.15) is 52.1 Å². The lowest BCUT2D eigenvalue weighted by Gasteiger charge is -2.47. The van der Waals surface area contributed by atoms with Gasteiger partial charge in [-0.1, -0.05) is 25.1 Å². The number of carbonyl (C=O) groups excluding carboxylic acids is 2. The molecule has 48 heavy (non-hydrogen) atoms. The average molecular weight is 680 g/mol. The SMILES string of the molecule is CO[C@@H]1[C@@H](O[C@@H]2O[C@H](C)[C@@H](O)[C@H](N(C)C)[C@H]2O)[C@@H](CC=O)C[C@@H](C)[C@H]2C=C[C@@H]([C@H](O)C[C@@H](C)OC(=O)C[C@H]1O)N(c1cccc(C)n1)O2. The second-order valence-corrected chi connectivity index (χ2v) is 13.6. The maximum absolute atomic E-state index is 13.1. The summed E-state index contributed by atoms with van der Waals surface area (Å²) in [5.41, 5.74) is 0.758. The Bertz CT molecular complexity index is 1240. The van der Waals surface area contributed by atoms with Gasteiger partial charge in [0.25, 0.3) is 0 Å². The van der Waals surface area contributed by atoms with Gasteiger partial charge < -0.3 is 49.1 Å². The van der Waals surface area contributed by atoms with Gasteiger partial charge >= 0.3 is 5.97 Å². The Labute approximate surface area is 282 Å². The smallest absolute Gasteiger partial charge is 0.308 e. The van der Waals surface area contributed by atoms with Crippen LogP contribution in [0.15, 0.2) is 30.4 Å². The molecule has 1 aromatic heterocycles. The summed E-state index contributed by atoms with van der Waals surface area (Å²) in [6.45, 7) is 7.13. The molecule has 14 nitrogen and oxygen atoms in total. The fourth-order valence-electron chi connectivity index (χ4n) is 7.02. The number of aliphatic hydroxyl groups is 4. The predicted molar refractivity (Wildman–Crippen MR) is 174 cm³/mol. The Hall–Kier alpha value is -2.53. The number of aldehydes is 1. The minimum Gasteiger partial charge on any atom is -0.462 e. The van der Waals surface area contributed by atoms with E-state index in [1.165, 1.54) is 7.11 Å². The number of aliphatic hydroxyl groups excluding tert-OH is 4. The van der Waals surface area contributed by atoms with E-state index in [9.17, 15) is 30.0 Å². The molecule has 0 aliphatic carbocycles. The molecule has 0 unspecified atom stereocenters. The van der Waals surface area contributed by atoms with E-state index in [0.717, 1.165) is 12.0 Å².